The van der Waals surface area contributed by atoms with Crippen molar-refractivity contribution in [2.24, 2.45) is 0 Å². The molecule has 0 aliphatic rings. The minimum atomic E-state index is -0.950. The fourth-order valence-electron chi connectivity index (χ4n) is 3.33. The zero-order valence-electron chi connectivity index (χ0n) is 17.2. The van der Waals surface area contributed by atoms with E-state index in [1.165, 1.54) is 29.0 Å². The van der Waals surface area contributed by atoms with E-state index in [1.54, 1.807) is 13.0 Å². The molecule has 2 aromatic heterocycles. The monoisotopic (exact) mass is 451 g/mol. The van der Waals surface area contributed by atoms with E-state index < -0.39 is 41.1 Å². The second kappa shape index (κ2) is 8.70. The average molecular weight is 451 g/mol. The molecular formula is C24H16F3N3O3. The average Bonchev–Trinajstić information content (AvgIpc) is 2.77. The number of aryl methyl sites for hydroxylation is 1. The van der Waals surface area contributed by atoms with Crippen molar-refractivity contribution in [3.05, 3.63) is 105 Å². The van der Waals surface area contributed by atoms with E-state index in [2.05, 4.69) is 10.3 Å². The van der Waals surface area contributed by atoms with Crippen LogP contribution in [0.1, 0.15) is 21.6 Å². The quantitative estimate of drug-likeness (QED) is 0.466. The van der Waals surface area contributed by atoms with Crippen molar-refractivity contribution >= 4 is 28.4 Å². The molecule has 33 heavy (non-hydrogen) atoms. The van der Waals surface area contributed by atoms with Crippen molar-refractivity contribution in [3.63, 3.8) is 0 Å². The molecule has 1 amide bonds. The van der Waals surface area contributed by atoms with Crippen LogP contribution < -0.4 is 10.7 Å². The molecule has 6 nitrogen and oxygen atoms in total. The van der Waals surface area contributed by atoms with Gasteiger partial charge in [0.25, 0.3) is 0 Å². The van der Waals surface area contributed by atoms with Gasteiger partial charge in [0.05, 0.1) is 16.6 Å². The Labute approximate surface area is 185 Å². The van der Waals surface area contributed by atoms with Crippen LogP contribution >= 0.6 is 0 Å². The van der Waals surface area contributed by atoms with Crippen LogP contribution in [-0.2, 0) is 11.3 Å². The Bertz CT molecular complexity index is 1460. The molecule has 0 bridgehead atoms. The lowest BCUT2D eigenvalue weighted by Crippen LogP contribution is -2.25. The molecule has 166 valence electrons. The van der Waals surface area contributed by atoms with Crippen LogP contribution in [0.4, 0.5) is 18.9 Å². The maximum Gasteiger partial charge on any atom is 0.244 e. The second-order valence-electron chi connectivity index (χ2n) is 7.33. The summed E-state index contributed by atoms with van der Waals surface area (Å²) < 4.78 is 41.6. The lowest BCUT2D eigenvalue weighted by Gasteiger charge is -2.13. The normalized spacial score (nSPS) is 10.9. The zero-order chi connectivity index (χ0) is 23.7. The summed E-state index contributed by atoms with van der Waals surface area (Å²) in [5, 5.41) is 2.44. The highest BCUT2D eigenvalue weighted by atomic mass is 19.1. The number of pyridine rings is 2. The van der Waals surface area contributed by atoms with E-state index in [0.29, 0.717) is 11.8 Å². The van der Waals surface area contributed by atoms with Gasteiger partial charge in [-0.1, -0.05) is 0 Å². The minimum absolute atomic E-state index is 0.0947. The summed E-state index contributed by atoms with van der Waals surface area (Å²) in [6, 6.07) is 10.5. The van der Waals surface area contributed by atoms with E-state index in [0.717, 1.165) is 24.3 Å². The number of fused-ring (bicyclic) bond motifs is 1. The summed E-state index contributed by atoms with van der Waals surface area (Å²) in [5.41, 5.74) is -0.229. The number of hydrogen-bond donors (Lipinski definition) is 1. The summed E-state index contributed by atoms with van der Waals surface area (Å²) in [6.07, 6.45) is 1.20. The van der Waals surface area contributed by atoms with Crippen molar-refractivity contribution in [1.82, 2.24) is 9.55 Å². The number of carbonyl (C=O) groups excluding carboxylic acids is 2. The van der Waals surface area contributed by atoms with Gasteiger partial charge < -0.3 is 9.88 Å². The Morgan fingerprint density at radius 3 is 2.36 bits per heavy atom. The Balaban J connectivity index is 1.76. The maximum atomic E-state index is 13.9. The first-order chi connectivity index (χ1) is 15.7. The number of hydrogen-bond acceptors (Lipinski definition) is 4. The minimum Gasteiger partial charge on any atom is -0.322 e. The van der Waals surface area contributed by atoms with Crippen molar-refractivity contribution in [1.29, 1.82) is 0 Å². The van der Waals surface area contributed by atoms with E-state index >= 15 is 0 Å². The number of ketones is 1. The topological polar surface area (TPSA) is 81.1 Å². The summed E-state index contributed by atoms with van der Waals surface area (Å²) in [4.78, 5) is 42.9. The largest absolute Gasteiger partial charge is 0.322 e. The number of rotatable bonds is 5. The van der Waals surface area contributed by atoms with Gasteiger partial charge in [-0.15, -0.1) is 0 Å². The molecule has 4 aromatic rings. The molecule has 0 saturated carbocycles. The first-order valence-corrected chi connectivity index (χ1v) is 9.79. The molecule has 0 radical (unpaired) electrons. The SMILES string of the molecule is Cc1ccc2c(=O)c(C(=O)c3ccc(F)cc3)cn(CC(=O)Nc3ccc(F)cc3F)c2n1. The second-order valence-corrected chi connectivity index (χ2v) is 7.33. The first kappa shape index (κ1) is 21.9. The van der Waals surface area contributed by atoms with Crippen LogP contribution in [0.2, 0.25) is 0 Å². The van der Waals surface area contributed by atoms with Crippen LogP contribution in [-0.4, -0.2) is 21.2 Å². The lowest BCUT2D eigenvalue weighted by atomic mass is 10.0. The Kier molecular flexibility index (Phi) is 5.78. The predicted molar refractivity (Wildman–Crippen MR) is 116 cm³/mol. The van der Waals surface area contributed by atoms with Gasteiger partial charge in [-0.25, -0.2) is 18.2 Å². The first-order valence-electron chi connectivity index (χ1n) is 9.79. The Morgan fingerprint density at radius 1 is 0.970 bits per heavy atom. The highest BCUT2D eigenvalue weighted by molar-refractivity contribution is 6.10. The van der Waals surface area contributed by atoms with Gasteiger partial charge >= 0.3 is 0 Å². The van der Waals surface area contributed by atoms with Crippen LogP contribution in [0.25, 0.3) is 11.0 Å². The van der Waals surface area contributed by atoms with Crippen LogP contribution in [0, 0.1) is 24.4 Å². The molecule has 0 aliphatic carbocycles. The molecule has 9 heteroatoms. The zero-order valence-corrected chi connectivity index (χ0v) is 17.2. The summed E-state index contributed by atoms with van der Waals surface area (Å²) in [7, 11) is 0. The molecule has 0 atom stereocenters. The number of anilines is 1. The number of benzene rings is 2. The van der Waals surface area contributed by atoms with E-state index in [1.807, 2.05) is 0 Å². The third-order valence-corrected chi connectivity index (χ3v) is 4.93. The highest BCUT2D eigenvalue weighted by Crippen LogP contribution is 2.17. The fraction of sp³-hybridized carbons (Fsp3) is 0.0833. The molecule has 0 saturated heterocycles. The smallest absolute Gasteiger partial charge is 0.244 e. The van der Waals surface area contributed by atoms with Gasteiger partial charge in [0.2, 0.25) is 11.3 Å². The van der Waals surface area contributed by atoms with Crippen molar-refractivity contribution < 1.29 is 22.8 Å². The molecule has 0 unspecified atom stereocenters. The van der Waals surface area contributed by atoms with Crippen LogP contribution in [0.5, 0.6) is 0 Å². The van der Waals surface area contributed by atoms with Crippen LogP contribution in [0.15, 0.2) is 65.6 Å². The number of carbonyl (C=O) groups is 2. The summed E-state index contributed by atoms with van der Waals surface area (Å²) >= 11 is 0. The third-order valence-electron chi connectivity index (χ3n) is 4.93. The fourth-order valence-corrected chi connectivity index (χ4v) is 3.33. The van der Waals surface area contributed by atoms with Gasteiger partial charge in [0.1, 0.15) is 29.6 Å². The van der Waals surface area contributed by atoms with Gasteiger partial charge in [0, 0.05) is 23.5 Å². The number of aromatic nitrogens is 2. The standard InChI is InChI=1S/C24H16F3N3O3/c1-13-2-8-17-23(33)18(22(32)14-3-5-15(25)6-4-14)11-30(24(17)28-13)12-21(31)29-20-9-7-16(26)10-19(20)27/h2-11H,12H2,1H3,(H,29,31). The van der Waals surface area contributed by atoms with E-state index in [9.17, 15) is 27.6 Å². The van der Waals surface area contributed by atoms with E-state index in [4.69, 9.17) is 0 Å². The van der Waals surface area contributed by atoms with Gasteiger partial charge in [-0.3, -0.25) is 14.4 Å². The molecule has 4 rings (SSSR count). The molecule has 0 aliphatic heterocycles. The summed E-state index contributed by atoms with van der Waals surface area (Å²) in [6.45, 7) is 1.29. The number of amides is 1. The number of halogens is 3. The van der Waals surface area contributed by atoms with Gasteiger partial charge in [0.15, 0.2) is 5.78 Å². The Morgan fingerprint density at radius 2 is 1.67 bits per heavy atom. The number of nitrogens with zero attached hydrogens (tertiary/aromatic N) is 2. The third kappa shape index (κ3) is 4.52. The predicted octanol–water partition coefficient (Wildman–Crippen LogP) is 3.99. The Hall–Kier alpha value is -4.27. The van der Waals surface area contributed by atoms with Gasteiger partial charge in [-0.05, 0) is 55.5 Å². The molecule has 0 spiro atoms. The molecule has 1 N–H and O–H groups in total. The maximum absolute atomic E-state index is 13.9. The molecule has 0 fully saturated rings. The number of nitrogens with one attached hydrogen (secondary N) is 1. The lowest BCUT2D eigenvalue weighted by molar-refractivity contribution is -0.116. The van der Waals surface area contributed by atoms with Gasteiger partial charge in [-0.2, -0.15) is 0 Å². The highest BCUT2D eigenvalue weighted by Gasteiger charge is 2.19. The molecule has 2 heterocycles. The van der Waals surface area contributed by atoms with Crippen molar-refractivity contribution in [3.8, 4) is 0 Å². The van der Waals surface area contributed by atoms with Crippen molar-refractivity contribution in [2.45, 2.75) is 13.5 Å². The van der Waals surface area contributed by atoms with E-state index in [-0.39, 0.29) is 27.8 Å². The molecule has 2 aromatic carbocycles. The summed E-state index contributed by atoms with van der Waals surface area (Å²) in [5.74, 6) is -3.61. The van der Waals surface area contributed by atoms with Crippen LogP contribution in [0.3, 0.4) is 0 Å². The van der Waals surface area contributed by atoms with Crippen molar-refractivity contribution in [2.75, 3.05) is 5.32 Å². The molecular weight excluding hydrogens is 435 g/mol.